The Morgan fingerprint density at radius 1 is 1.88 bits per heavy atom. The van der Waals surface area contributed by atoms with Gasteiger partial charge in [0.15, 0.2) is 0 Å². The molecule has 0 heterocycles. The molecule has 0 spiro atoms. The number of alkyl halides is 1. The number of carbonyl (C=O) groups excluding carboxylic acids is 1. The second-order valence-corrected chi connectivity index (χ2v) is 2.05. The van der Waals surface area contributed by atoms with Gasteiger partial charge < -0.3 is 0 Å². The van der Waals surface area contributed by atoms with Crippen LogP contribution >= 0.6 is 11.6 Å². The lowest BCUT2D eigenvalue weighted by Gasteiger charge is -1.95. The quantitative estimate of drug-likeness (QED) is 0.325. The zero-order chi connectivity index (χ0) is 6.41. The number of nitrogens with zero attached hydrogens (tertiary/aromatic N) is 1. The van der Waals surface area contributed by atoms with Crippen molar-refractivity contribution in [3.63, 3.8) is 0 Å². The van der Waals surface area contributed by atoms with E-state index in [0.717, 1.165) is 6.42 Å². The Morgan fingerprint density at radius 3 is 2.88 bits per heavy atom. The van der Waals surface area contributed by atoms with Crippen LogP contribution in [0.25, 0.3) is 0 Å². The predicted molar refractivity (Wildman–Crippen MR) is 32.9 cm³/mol. The third-order valence-corrected chi connectivity index (χ3v) is 1.24. The zero-order valence-corrected chi connectivity index (χ0v) is 5.48. The van der Waals surface area contributed by atoms with Crippen molar-refractivity contribution >= 4 is 17.7 Å². The number of hydrogen-bond donors (Lipinski definition) is 0. The van der Waals surface area contributed by atoms with Crippen molar-refractivity contribution in [2.75, 3.05) is 6.54 Å². The van der Waals surface area contributed by atoms with Gasteiger partial charge in [0.2, 0.25) is 6.08 Å². The van der Waals surface area contributed by atoms with Gasteiger partial charge in [0, 0.05) is 0 Å². The number of isocyanates is 1. The minimum Gasteiger partial charge on any atom is -0.211 e. The van der Waals surface area contributed by atoms with Crippen LogP contribution in [0.2, 0.25) is 0 Å². The summed E-state index contributed by atoms with van der Waals surface area (Å²) in [5.41, 5.74) is 0. The fourth-order valence-corrected chi connectivity index (χ4v) is 0.334. The first-order valence-corrected chi connectivity index (χ1v) is 2.92. The third-order valence-electron chi connectivity index (χ3n) is 0.797. The molecule has 8 heavy (non-hydrogen) atoms. The van der Waals surface area contributed by atoms with Crippen LogP contribution in [0.4, 0.5) is 0 Å². The molecule has 0 aromatic rings. The van der Waals surface area contributed by atoms with Gasteiger partial charge in [-0.05, 0) is 6.42 Å². The number of rotatable bonds is 3. The van der Waals surface area contributed by atoms with Gasteiger partial charge >= 0.3 is 0 Å². The van der Waals surface area contributed by atoms with Crippen LogP contribution in [0, 0.1) is 0 Å². The predicted octanol–water partition coefficient (Wildman–Crippen LogP) is 1.34. The van der Waals surface area contributed by atoms with Crippen LogP contribution in [-0.4, -0.2) is 18.0 Å². The lowest BCUT2D eigenvalue weighted by atomic mass is 10.3. The average Bonchev–Trinajstić information content (AvgIpc) is 1.83. The van der Waals surface area contributed by atoms with E-state index in [1.807, 2.05) is 6.92 Å². The summed E-state index contributed by atoms with van der Waals surface area (Å²) in [7, 11) is 0. The third kappa shape index (κ3) is 3.85. The van der Waals surface area contributed by atoms with Crippen molar-refractivity contribution in [1.82, 2.24) is 0 Å². The summed E-state index contributed by atoms with van der Waals surface area (Å²) in [4.78, 5) is 12.8. The summed E-state index contributed by atoms with van der Waals surface area (Å²) >= 11 is 5.57. The van der Waals surface area contributed by atoms with Crippen LogP contribution in [0.1, 0.15) is 13.3 Å². The smallest absolute Gasteiger partial charge is 0.211 e. The molecule has 2 nitrogen and oxygen atoms in total. The molecule has 0 radical (unpaired) electrons. The fourth-order valence-electron chi connectivity index (χ4n) is 0.265. The molecule has 0 aromatic carbocycles. The average molecular weight is 134 g/mol. The van der Waals surface area contributed by atoms with E-state index in [9.17, 15) is 4.79 Å². The van der Waals surface area contributed by atoms with Gasteiger partial charge in [-0.2, -0.15) is 0 Å². The monoisotopic (exact) mass is 133 g/mol. The zero-order valence-electron chi connectivity index (χ0n) is 4.72. The van der Waals surface area contributed by atoms with Crippen LogP contribution in [-0.2, 0) is 4.79 Å². The second kappa shape index (κ2) is 4.82. The van der Waals surface area contributed by atoms with Gasteiger partial charge in [-0.25, -0.2) is 9.79 Å². The highest BCUT2D eigenvalue weighted by molar-refractivity contribution is 6.20. The molecule has 1 unspecified atom stereocenters. The van der Waals surface area contributed by atoms with Gasteiger partial charge in [0.1, 0.15) is 0 Å². The highest BCUT2D eigenvalue weighted by Crippen LogP contribution is 1.99. The van der Waals surface area contributed by atoms with Crippen molar-refractivity contribution in [1.29, 1.82) is 0 Å². The Bertz CT molecular complexity index is 98.6. The minimum atomic E-state index is -0.00329. The summed E-state index contributed by atoms with van der Waals surface area (Å²) in [5.74, 6) is 0. The van der Waals surface area contributed by atoms with Gasteiger partial charge in [0.25, 0.3) is 0 Å². The molecule has 0 aliphatic carbocycles. The summed E-state index contributed by atoms with van der Waals surface area (Å²) in [6, 6.07) is 0. The van der Waals surface area contributed by atoms with E-state index in [-0.39, 0.29) is 5.38 Å². The molecule has 0 aromatic heterocycles. The molecule has 0 fully saturated rings. The maximum atomic E-state index is 9.47. The van der Waals surface area contributed by atoms with Crippen molar-refractivity contribution in [2.45, 2.75) is 18.7 Å². The van der Waals surface area contributed by atoms with E-state index in [2.05, 4.69) is 4.99 Å². The minimum absolute atomic E-state index is 0.00329. The second-order valence-electron chi connectivity index (χ2n) is 1.44. The molecule has 0 saturated heterocycles. The van der Waals surface area contributed by atoms with E-state index >= 15 is 0 Å². The largest absolute Gasteiger partial charge is 0.234 e. The Hall–Kier alpha value is -0.330. The van der Waals surface area contributed by atoms with Gasteiger partial charge in [-0.3, -0.25) is 0 Å². The Morgan fingerprint density at radius 2 is 2.50 bits per heavy atom. The topological polar surface area (TPSA) is 29.4 Å². The SMILES string of the molecule is CCC(Cl)CN=C=O. The molecule has 1 atom stereocenters. The van der Waals surface area contributed by atoms with E-state index in [4.69, 9.17) is 11.6 Å². The molecule has 46 valence electrons. The summed E-state index contributed by atoms with van der Waals surface area (Å²) in [6.07, 6.45) is 2.26. The first kappa shape index (κ1) is 7.67. The van der Waals surface area contributed by atoms with E-state index in [1.54, 1.807) is 0 Å². The fraction of sp³-hybridized carbons (Fsp3) is 0.800. The summed E-state index contributed by atoms with van der Waals surface area (Å²) in [6.45, 7) is 2.33. The highest BCUT2D eigenvalue weighted by Gasteiger charge is 1.96. The molecular weight excluding hydrogens is 126 g/mol. The standard InChI is InChI=1S/C5H8ClNO/c1-2-5(6)3-7-4-8/h5H,2-3H2,1H3. The first-order valence-electron chi connectivity index (χ1n) is 2.49. The summed E-state index contributed by atoms with van der Waals surface area (Å²) in [5, 5.41) is -0.00329. The van der Waals surface area contributed by atoms with Crippen molar-refractivity contribution in [3.05, 3.63) is 0 Å². The molecule has 0 rings (SSSR count). The van der Waals surface area contributed by atoms with Gasteiger partial charge in [-0.15, -0.1) is 11.6 Å². The molecule has 0 amide bonds. The molecule has 3 heteroatoms. The van der Waals surface area contributed by atoms with Crippen LogP contribution in [0.5, 0.6) is 0 Å². The maximum absolute atomic E-state index is 9.47. The van der Waals surface area contributed by atoms with Crippen LogP contribution < -0.4 is 0 Å². The van der Waals surface area contributed by atoms with Gasteiger partial charge in [-0.1, -0.05) is 6.92 Å². The lowest BCUT2D eigenvalue weighted by Crippen LogP contribution is -1.99. The number of hydrogen-bond acceptors (Lipinski definition) is 2. The highest BCUT2D eigenvalue weighted by atomic mass is 35.5. The maximum Gasteiger partial charge on any atom is 0.234 e. The van der Waals surface area contributed by atoms with E-state index < -0.39 is 0 Å². The molecule has 0 aliphatic heterocycles. The number of aliphatic imine (C=N–C) groups is 1. The Balaban J connectivity index is 3.23. The van der Waals surface area contributed by atoms with E-state index in [0.29, 0.717) is 6.54 Å². The molecule has 0 saturated carbocycles. The molecular formula is C5H8ClNO. The van der Waals surface area contributed by atoms with Crippen molar-refractivity contribution in [3.8, 4) is 0 Å². The molecule has 0 bridgehead atoms. The van der Waals surface area contributed by atoms with Crippen molar-refractivity contribution in [2.24, 2.45) is 4.99 Å². The van der Waals surface area contributed by atoms with Crippen LogP contribution in [0.3, 0.4) is 0 Å². The van der Waals surface area contributed by atoms with Crippen molar-refractivity contribution < 1.29 is 4.79 Å². The lowest BCUT2D eigenvalue weighted by molar-refractivity contribution is 0.562. The van der Waals surface area contributed by atoms with Crippen LogP contribution in [0.15, 0.2) is 4.99 Å². The summed E-state index contributed by atoms with van der Waals surface area (Å²) < 4.78 is 0. The Kier molecular flexibility index (Phi) is 4.62. The molecule has 0 aliphatic rings. The van der Waals surface area contributed by atoms with E-state index in [1.165, 1.54) is 6.08 Å². The normalized spacial score (nSPS) is 12.2. The molecule has 0 N–H and O–H groups in total. The number of halogens is 1. The van der Waals surface area contributed by atoms with Gasteiger partial charge in [0.05, 0.1) is 11.9 Å². The Labute approximate surface area is 53.6 Å². The first-order chi connectivity index (χ1) is 3.81.